The van der Waals surface area contributed by atoms with E-state index >= 15 is 0 Å². The van der Waals surface area contributed by atoms with Gasteiger partial charge in [0.1, 0.15) is 29.5 Å². The second-order valence-corrected chi connectivity index (χ2v) is 24.1. The van der Waals surface area contributed by atoms with E-state index in [-0.39, 0.29) is 74.5 Å². The molecule has 82 heavy (non-hydrogen) atoms. The first-order chi connectivity index (χ1) is 39.5. The monoisotopic (exact) mass is 1180 g/mol. The molecular weight excluding hydrogens is 1100 g/mol. The Morgan fingerprint density at radius 1 is 0.866 bits per heavy atom. The molecule has 450 valence electrons. The average Bonchev–Trinajstić information content (AvgIpc) is 4.53. The molecule has 27 heteroatoms. The lowest BCUT2D eigenvalue weighted by molar-refractivity contribution is -0.142. The fourth-order valence-corrected chi connectivity index (χ4v) is 13.0. The predicted molar refractivity (Wildman–Crippen MR) is 303 cm³/mol. The Labute approximate surface area is 482 Å². The van der Waals surface area contributed by atoms with Crippen LogP contribution in [-0.4, -0.2) is 191 Å². The molecular formula is C55H78N10O15S2. The van der Waals surface area contributed by atoms with Crippen molar-refractivity contribution in [1.29, 1.82) is 0 Å². The molecule has 3 saturated heterocycles. The fraction of sp³-hybridized carbons (Fsp3) is 0.618. The van der Waals surface area contributed by atoms with E-state index < -0.39 is 81.0 Å². The zero-order valence-electron chi connectivity index (χ0n) is 46.4. The van der Waals surface area contributed by atoms with Crippen LogP contribution < -0.4 is 51.4 Å². The maximum Gasteiger partial charge on any atom is 0.315 e. The highest BCUT2D eigenvalue weighted by molar-refractivity contribution is 8.00. The molecule has 9 amide bonds. The number of rotatable bonds is 37. The maximum absolute atomic E-state index is 14.7. The number of amides is 9. The van der Waals surface area contributed by atoms with Gasteiger partial charge in [0.25, 0.3) is 5.91 Å². The van der Waals surface area contributed by atoms with Crippen LogP contribution in [0.1, 0.15) is 83.5 Å². The third-order valence-electron chi connectivity index (χ3n) is 14.8. The molecule has 1 unspecified atom stereocenters. The van der Waals surface area contributed by atoms with E-state index in [1.807, 2.05) is 11.8 Å². The summed E-state index contributed by atoms with van der Waals surface area (Å²) < 4.78 is 56.3. The lowest BCUT2D eigenvalue weighted by Gasteiger charge is -2.30. The number of carbonyl (C=O) groups is 8. The number of fused-ring (bicyclic) bond motifs is 2. The molecule has 0 spiro atoms. The number of urea groups is 1. The number of likely N-dealkylation sites (tertiary alicyclic amines) is 1. The molecule has 3 aliphatic heterocycles. The van der Waals surface area contributed by atoms with Crippen LogP contribution in [-0.2, 0) is 57.8 Å². The SMILES string of the molecule is C=CC(=O)NC[C@H](NC(=O)CCCC(=O)NCCCOCCOCCOCCCNC(=O)CCCC[C@@H]1SC[C@@H]2NC(=O)N[C@@H]21)C(=O)N1C[C@H](Oc2nccc3cc(OC)ccc23)C[C@H]1C(=O)N[C@]1(C(=O)NS(=O)(=O)C2CC2)CC1C=C. The minimum Gasteiger partial charge on any atom is -0.497 e. The number of methoxy groups -OCH3 is 1. The van der Waals surface area contributed by atoms with Crippen molar-refractivity contribution in [2.24, 2.45) is 5.92 Å². The number of benzene rings is 1. The summed E-state index contributed by atoms with van der Waals surface area (Å²) in [6.45, 7) is 9.88. The molecule has 0 radical (unpaired) electrons. The quantitative estimate of drug-likeness (QED) is 0.0203. The van der Waals surface area contributed by atoms with Crippen LogP contribution in [0.3, 0.4) is 0 Å². The molecule has 4 heterocycles. The summed E-state index contributed by atoms with van der Waals surface area (Å²) in [7, 11) is -2.45. The average molecular weight is 1180 g/mol. The summed E-state index contributed by atoms with van der Waals surface area (Å²) in [5.41, 5.74) is -1.66. The van der Waals surface area contributed by atoms with Crippen molar-refractivity contribution in [2.45, 2.75) is 130 Å². The van der Waals surface area contributed by atoms with Crippen LogP contribution in [0.15, 0.2) is 55.8 Å². The topological polar surface area (TPSA) is 329 Å². The molecule has 2 aliphatic carbocycles. The molecule has 2 saturated carbocycles. The van der Waals surface area contributed by atoms with Gasteiger partial charge in [0, 0.05) is 87.0 Å². The third kappa shape index (κ3) is 18.2. The van der Waals surface area contributed by atoms with E-state index in [2.05, 4.69) is 60.1 Å². The predicted octanol–water partition coefficient (Wildman–Crippen LogP) is 1.01. The van der Waals surface area contributed by atoms with Gasteiger partial charge < -0.3 is 65.8 Å². The number of pyridine rings is 1. The van der Waals surface area contributed by atoms with Crippen LogP contribution in [0.2, 0.25) is 0 Å². The standard InChI is InChI=1S/C55H78N10O15S2/c1-4-36-31-55(36,53(72)64-82(74,75)39-16-17-39)63-50(70)43-30-38(80-51-40-18-15-37(76-3)29-35(40)19-22-58-51)33-65(43)52(71)41(32-59-45(66)5-2)60-48(69)14-8-13-47(68)57-21-10-24-78-26-28-79-27-25-77-23-9-20-56-46(67)12-7-6-11-44-49-42(34-81-44)61-54(73)62-49/h4-5,15,18-19,22,29,36,38-39,41-44,49H,1-2,6-14,16-17,20-21,23-28,30-34H2,3H3,(H,56,67)(H,57,68)(H,59,66)(H,60,69)(H,63,70)(H,64,72)(H2,61,62,73)/t36?,38-,41+,42+,43+,44+,49+,55-/m1/s1. The number of unbranched alkanes of at least 4 members (excludes halogenated alkanes) is 1. The molecule has 5 aliphatic rings. The van der Waals surface area contributed by atoms with Crippen molar-refractivity contribution in [3.8, 4) is 11.6 Å². The highest BCUT2D eigenvalue weighted by Gasteiger charge is 2.62. The number of carbonyl (C=O) groups excluding carboxylic acids is 8. The number of sulfonamides is 1. The minimum atomic E-state index is -3.99. The van der Waals surface area contributed by atoms with E-state index in [0.717, 1.165) is 36.5 Å². The zero-order valence-corrected chi connectivity index (χ0v) is 48.0. The lowest BCUT2D eigenvalue weighted by Crippen LogP contribution is -2.59. The number of ether oxygens (including phenoxy) is 5. The number of hydrogen-bond donors (Lipinski definition) is 8. The van der Waals surface area contributed by atoms with E-state index in [9.17, 15) is 46.8 Å². The Kier molecular flexibility index (Phi) is 23.6. The van der Waals surface area contributed by atoms with Crippen molar-refractivity contribution in [3.63, 3.8) is 0 Å². The van der Waals surface area contributed by atoms with E-state index in [4.69, 9.17) is 23.7 Å². The second kappa shape index (κ2) is 30.7. The molecule has 2 aromatic rings. The first-order valence-corrected chi connectivity index (χ1v) is 30.7. The Bertz CT molecular complexity index is 2740. The number of nitrogens with zero attached hydrogens (tertiary/aromatic N) is 2. The molecule has 1 aromatic heterocycles. The lowest BCUT2D eigenvalue weighted by atomic mass is 10.0. The van der Waals surface area contributed by atoms with Crippen LogP contribution >= 0.6 is 11.8 Å². The van der Waals surface area contributed by atoms with Crippen molar-refractivity contribution in [3.05, 3.63) is 55.8 Å². The highest BCUT2D eigenvalue weighted by Crippen LogP contribution is 2.45. The summed E-state index contributed by atoms with van der Waals surface area (Å²) in [6, 6.07) is 4.63. The molecule has 25 nitrogen and oxygen atoms in total. The largest absolute Gasteiger partial charge is 0.497 e. The normalized spacial score (nSPS) is 22.8. The molecule has 0 bridgehead atoms. The summed E-state index contributed by atoms with van der Waals surface area (Å²) in [5, 5.41) is 20.6. The van der Waals surface area contributed by atoms with Gasteiger partial charge in [-0.25, -0.2) is 18.2 Å². The van der Waals surface area contributed by atoms with Gasteiger partial charge in [-0.3, -0.25) is 38.3 Å². The summed E-state index contributed by atoms with van der Waals surface area (Å²) >= 11 is 1.88. The van der Waals surface area contributed by atoms with Gasteiger partial charge in [0.05, 0.1) is 57.4 Å². The van der Waals surface area contributed by atoms with Crippen LogP contribution in [0, 0.1) is 5.92 Å². The van der Waals surface area contributed by atoms with Gasteiger partial charge >= 0.3 is 6.03 Å². The number of nitrogens with one attached hydrogen (secondary N) is 8. The molecule has 8 N–H and O–H groups in total. The van der Waals surface area contributed by atoms with Gasteiger partial charge in [-0.15, -0.1) is 6.58 Å². The van der Waals surface area contributed by atoms with Crippen LogP contribution in [0.5, 0.6) is 11.6 Å². The Balaban J connectivity index is 0.791. The molecule has 5 fully saturated rings. The molecule has 7 rings (SSSR count). The van der Waals surface area contributed by atoms with Crippen LogP contribution in [0.4, 0.5) is 4.79 Å². The Hall–Kier alpha value is -6.55. The van der Waals surface area contributed by atoms with Gasteiger partial charge in [-0.05, 0) is 87.1 Å². The number of hydrogen-bond acceptors (Lipinski definition) is 17. The van der Waals surface area contributed by atoms with Gasteiger partial charge in [0.2, 0.25) is 51.3 Å². The van der Waals surface area contributed by atoms with E-state index in [1.165, 1.54) is 24.3 Å². The van der Waals surface area contributed by atoms with Gasteiger partial charge in [0.15, 0.2) is 0 Å². The second-order valence-electron chi connectivity index (χ2n) is 20.9. The molecule has 1 aromatic carbocycles. The summed E-state index contributed by atoms with van der Waals surface area (Å²) in [5.74, 6) is -2.87. The smallest absolute Gasteiger partial charge is 0.315 e. The van der Waals surface area contributed by atoms with Gasteiger partial charge in [-0.2, -0.15) is 11.8 Å². The highest BCUT2D eigenvalue weighted by atomic mass is 32.2. The molecule has 8 atom stereocenters. The zero-order chi connectivity index (χ0) is 58.7. The number of thioether (sulfide) groups is 1. The minimum absolute atomic E-state index is 0.000659. The van der Waals surface area contributed by atoms with Crippen molar-refractivity contribution in [1.82, 2.24) is 51.8 Å². The Morgan fingerprint density at radius 2 is 1.55 bits per heavy atom. The number of aromatic nitrogens is 1. The maximum atomic E-state index is 14.7. The van der Waals surface area contributed by atoms with E-state index in [0.29, 0.717) is 101 Å². The van der Waals surface area contributed by atoms with Crippen molar-refractivity contribution in [2.75, 3.05) is 78.7 Å². The van der Waals surface area contributed by atoms with E-state index in [1.54, 1.807) is 24.3 Å². The third-order valence-corrected chi connectivity index (χ3v) is 18.1. The van der Waals surface area contributed by atoms with Crippen molar-refractivity contribution >= 4 is 79.9 Å². The first kappa shape index (κ1) is 63.0. The fourth-order valence-electron chi connectivity index (χ4n) is 10.0. The van der Waals surface area contributed by atoms with Crippen molar-refractivity contribution < 1.29 is 70.5 Å². The summed E-state index contributed by atoms with van der Waals surface area (Å²) in [6.07, 6.45) is 8.27. The van der Waals surface area contributed by atoms with Gasteiger partial charge in [-0.1, -0.05) is 19.1 Å². The summed E-state index contributed by atoms with van der Waals surface area (Å²) in [4.78, 5) is 111. The first-order valence-electron chi connectivity index (χ1n) is 28.1. The van der Waals surface area contributed by atoms with Crippen LogP contribution in [0.25, 0.3) is 10.8 Å². The Morgan fingerprint density at radius 3 is 2.21 bits per heavy atom.